The van der Waals surface area contributed by atoms with Crippen molar-refractivity contribution in [2.45, 2.75) is 44.8 Å². The number of likely N-dealkylation sites (N-methyl/N-ethyl adjacent to an activating group) is 6. The van der Waals surface area contributed by atoms with Gasteiger partial charge in [0.2, 0.25) is 0 Å². The SMILES string of the molecule is CC(=O)[O-].CCC(O)C(=O)[O-].C[N+](C)(C)CCO.C[N+](C)(C)CCO.C[N+](C)(C)CCO.C[N+](C)(C)CCO.C[N+](C)(C)CCO.C[N+](C)(C)CCO.O=C([O-])CC(O)(CC(=O)[O-])C(=O)[O-].O=C[O-]. The normalized spacial score (nSPS) is 11.2. The van der Waals surface area contributed by atoms with Crippen molar-refractivity contribution in [3.8, 4) is 0 Å². The van der Waals surface area contributed by atoms with Gasteiger partial charge in [0.05, 0.1) is 185 Å². The summed E-state index contributed by atoms with van der Waals surface area (Å²) in [6.07, 6.45) is -3.80. The fraction of sp³-hybridized carbons (Fsp3) is 0.860. The van der Waals surface area contributed by atoms with Crippen LogP contribution in [0.2, 0.25) is 0 Å². The van der Waals surface area contributed by atoms with Crippen molar-refractivity contribution in [3.63, 3.8) is 0 Å². The molecule has 0 aliphatic carbocycles. The van der Waals surface area contributed by atoms with Crippen LogP contribution in [-0.4, -0.2) is 322 Å². The summed E-state index contributed by atoms with van der Waals surface area (Å²) in [4.78, 5) is 56.7. The summed E-state index contributed by atoms with van der Waals surface area (Å²) in [6.45, 7) is 8.73. The van der Waals surface area contributed by atoms with E-state index < -0.39 is 60.9 Å². The van der Waals surface area contributed by atoms with Gasteiger partial charge in [-0.2, -0.15) is 0 Å². The van der Waals surface area contributed by atoms with E-state index >= 15 is 0 Å². The van der Waals surface area contributed by atoms with Gasteiger partial charge in [-0.05, 0) is 13.3 Å². The molecule has 69 heavy (non-hydrogen) atoms. The zero-order valence-corrected chi connectivity index (χ0v) is 45.9. The highest BCUT2D eigenvalue weighted by Gasteiger charge is 2.29. The molecule has 0 radical (unpaired) electrons. The van der Waals surface area contributed by atoms with Crippen LogP contribution in [0.5, 0.6) is 0 Å². The third kappa shape index (κ3) is 139. The first kappa shape index (κ1) is 88.2. The second kappa shape index (κ2) is 49.2. The Morgan fingerprint density at radius 3 is 0.638 bits per heavy atom. The molecule has 0 heterocycles. The van der Waals surface area contributed by atoms with Gasteiger partial charge in [-0.3, -0.25) is 0 Å². The van der Waals surface area contributed by atoms with Crippen LogP contribution in [0.4, 0.5) is 0 Å². The Kier molecular flexibility index (Phi) is 63.0. The van der Waals surface area contributed by atoms with E-state index in [0.717, 1.165) is 73.1 Å². The molecule has 26 nitrogen and oxygen atoms in total. The number of carbonyl (C=O) groups is 6. The minimum Gasteiger partial charge on any atom is -0.554 e. The smallest absolute Gasteiger partial charge is 0.114 e. The molecule has 0 saturated heterocycles. The molecule has 0 saturated carbocycles. The van der Waals surface area contributed by atoms with Crippen molar-refractivity contribution in [1.29, 1.82) is 0 Å². The first-order valence-electron chi connectivity index (χ1n) is 21.4. The Labute approximate surface area is 413 Å². The summed E-state index contributed by atoms with van der Waals surface area (Å²) >= 11 is 0. The minimum absolute atomic E-state index is 0.211. The van der Waals surface area contributed by atoms with Crippen LogP contribution in [-0.2, 0) is 28.8 Å². The van der Waals surface area contributed by atoms with Crippen LogP contribution >= 0.6 is 0 Å². The molecule has 422 valence electrons. The third-order valence-electron chi connectivity index (χ3n) is 6.54. The van der Waals surface area contributed by atoms with E-state index in [1.165, 1.54) is 0 Å². The summed E-state index contributed by atoms with van der Waals surface area (Å²) in [6, 6.07) is 0. The Hall–Kier alpha value is -3.74. The van der Waals surface area contributed by atoms with Gasteiger partial charge in [0.25, 0.3) is 0 Å². The average molecular weight is 1020 g/mol. The first-order valence-corrected chi connectivity index (χ1v) is 21.4. The number of nitrogens with zero attached hydrogens (tertiary/aromatic N) is 6. The lowest BCUT2D eigenvalue weighted by Crippen LogP contribution is -2.54. The zero-order chi connectivity index (χ0) is 58.3. The van der Waals surface area contributed by atoms with Crippen LogP contribution < -0.4 is 30.6 Å². The highest BCUT2D eigenvalue weighted by Crippen LogP contribution is 2.13. The van der Waals surface area contributed by atoms with E-state index in [1.54, 1.807) is 6.92 Å². The number of aliphatic hydroxyl groups excluding tert-OH is 7. The quantitative estimate of drug-likeness (QED) is 0.0440. The van der Waals surface area contributed by atoms with Crippen LogP contribution in [0.3, 0.4) is 0 Å². The molecule has 0 aliphatic heterocycles. The number of carboxylic acid groups (broad SMARTS) is 6. The number of aliphatic carboxylic acids is 5. The average Bonchev–Trinajstić information content (AvgIpc) is 3.06. The molecule has 0 bridgehead atoms. The minimum atomic E-state index is -2.97. The van der Waals surface area contributed by atoms with E-state index in [0.29, 0.717) is 0 Å². The predicted molar refractivity (Wildman–Crippen MR) is 247 cm³/mol. The standard InChI is InChI=1S/C6H8O7.6C5H14NO.C4H8O3.C2H4O2.CH2O2/c7-3(8)1-6(13,5(11)12)2-4(9)10;6*1-6(2,3)4-5-7;1-2-3(5)4(6)7;1-2(3)4;2-1-3/h13H,1-2H2,(H,7,8)(H,9,10)(H,11,12);6*7H,4-5H2,1-3H3;3,5H,2H2,1H3,(H,6,7);1H3,(H,3,4);1H,(H,2,3)/q;6*+1;;;/p-6. The number of aliphatic hydroxyl groups is 8. The molecular weight excluding hydrogens is 920 g/mol. The number of quaternary nitrogens is 6. The van der Waals surface area contributed by atoms with Gasteiger partial charge >= 0.3 is 0 Å². The third-order valence-corrected chi connectivity index (χ3v) is 6.54. The topological polar surface area (TPSA) is 403 Å². The summed E-state index contributed by atoms with van der Waals surface area (Å²) in [7, 11) is 36.9. The van der Waals surface area contributed by atoms with Crippen molar-refractivity contribution < 1.29 is 127 Å². The fourth-order valence-corrected chi connectivity index (χ4v) is 2.65. The van der Waals surface area contributed by atoms with Gasteiger partial charge in [0.15, 0.2) is 0 Å². The number of hydrogen-bond acceptors (Lipinski definition) is 20. The lowest BCUT2D eigenvalue weighted by atomic mass is 9.96. The lowest BCUT2D eigenvalue weighted by Gasteiger charge is -2.29. The van der Waals surface area contributed by atoms with Crippen LogP contribution in [0.15, 0.2) is 0 Å². The van der Waals surface area contributed by atoms with Gasteiger partial charge < -0.3 is 127 Å². The lowest BCUT2D eigenvalue weighted by molar-refractivity contribution is -0.870. The maximum atomic E-state index is 10.1. The van der Waals surface area contributed by atoms with E-state index in [-0.39, 0.29) is 46.1 Å². The van der Waals surface area contributed by atoms with Crippen LogP contribution in [0, 0.1) is 0 Å². The molecule has 0 aromatic heterocycles. The summed E-state index contributed by atoms with van der Waals surface area (Å²) < 4.78 is 5.06. The Bertz CT molecular complexity index is 1080. The highest BCUT2D eigenvalue weighted by molar-refractivity contribution is 5.86. The molecule has 0 rings (SSSR count). The van der Waals surface area contributed by atoms with E-state index in [9.17, 15) is 39.6 Å². The van der Waals surface area contributed by atoms with Crippen molar-refractivity contribution in [1.82, 2.24) is 0 Å². The Morgan fingerprint density at radius 1 is 0.464 bits per heavy atom. The molecule has 0 spiro atoms. The summed E-state index contributed by atoms with van der Waals surface area (Å²) in [5.74, 6) is -8.47. The molecule has 0 amide bonds. The van der Waals surface area contributed by atoms with Crippen molar-refractivity contribution in [3.05, 3.63) is 0 Å². The number of carboxylic acids is 5. The van der Waals surface area contributed by atoms with Gasteiger partial charge in [-0.1, -0.05) is 6.92 Å². The molecule has 1 atom stereocenters. The Balaban J connectivity index is -0.0000000714. The zero-order valence-electron chi connectivity index (χ0n) is 45.9. The van der Waals surface area contributed by atoms with Gasteiger partial charge in [-0.15, -0.1) is 0 Å². The van der Waals surface area contributed by atoms with Crippen molar-refractivity contribution >= 4 is 36.3 Å². The molecule has 0 aromatic carbocycles. The monoisotopic (exact) mass is 1020 g/mol. The predicted octanol–water partition coefficient (Wildman–Crippen LogP) is -11.5. The van der Waals surface area contributed by atoms with E-state index in [4.69, 9.17) is 60.7 Å². The van der Waals surface area contributed by atoms with Gasteiger partial charge in [0, 0.05) is 37.2 Å². The largest absolute Gasteiger partial charge is 0.554 e. The fourth-order valence-electron chi connectivity index (χ4n) is 2.65. The maximum absolute atomic E-state index is 10.1. The molecule has 26 heteroatoms. The highest BCUT2D eigenvalue weighted by atomic mass is 16.4. The van der Waals surface area contributed by atoms with Gasteiger partial charge in [-0.25, -0.2) is 0 Å². The molecule has 0 aliphatic rings. The van der Waals surface area contributed by atoms with Crippen molar-refractivity contribution in [2.24, 2.45) is 0 Å². The number of carbonyl (C=O) groups excluding carboxylic acids is 6. The number of hydrogen-bond donors (Lipinski definition) is 8. The summed E-state index contributed by atoms with van der Waals surface area (Å²) in [5.41, 5.74) is -2.97. The van der Waals surface area contributed by atoms with Crippen LogP contribution in [0.25, 0.3) is 0 Å². The molecule has 1 unspecified atom stereocenters. The molecule has 8 N–H and O–H groups in total. The van der Waals surface area contributed by atoms with Crippen molar-refractivity contribution in [2.75, 3.05) is 206 Å². The number of rotatable bonds is 19. The van der Waals surface area contributed by atoms with Gasteiger partial charge in [0.1, 0.15) is 44.9 Å². The second-order valence-electron chi connectivity index (χ2n) is 20.7. The van der Waals surface area contributed by atoms with Crippen LogP contribution in [0.1, 0.15) is 33.1 Å². The van der Waals surface area contributed by atoms with E-state index in [1.807, 2.05) is 0 Å². The first-order chi connectivity index (χ1) is 30.5. The maximum Gasteiger partial charge on any atom is 0.114 e. The Morgan fingerprint density at radius 2 is 0.609 bits per heavy atom. The second-order valence-corrected chi connectivity index (χ2v) is 20.7. The summed E-state index contributed by atoms with van der Waals surface area (Å²) in [5, 5.41) is 124. The molecular formula is C43H100N6O20. The molecule has 0 fully saturated rings. The van der Waals surface area contributed by atoms with E-state index in [2.05, 4.69) is 127 Å². The molecule has 0 aromatic rings.